The summed E-state index contributed by atoms with van der Waals surface area (Å²) in [7, 11) is 3.17. The SMILES string of the molecule is CNC(=O)COc1cc2cc(Nc3nc(N4CCNCC4)ncc3Cl)ccc2n(C)c1=O. The molecule has 1 aliphatic rings. The number of hydrogen-bond acceptors (Lipinski definition) is 8. The van der Waals surface area contributed by atoms with Gasteiger partial charge in [-0.3, -0.25) is 9.59 Å². The smallest absolute Gasteiger partial charge is 0.293 e. The predicted octanol–water partition coefficient (Wildman–Crippen LogP) is 1.26. The number of likely N-dealkylation sites (N-methyl/N-ethyl adjacent to an activating group) is 1. The Labute approximate surface area is 189 Å². The number of rotatable bonds is 6. The number of nitrogens with zero attached hydrogens (tertiary/aromatic N) is 4. The Kier molecular flexibility index (Phi) is 6.42. The van der Waals surface area contributed by atoms with E-state index >= 15 is 0 Å². The van der Waals surface area contributed by atoms with Crippen molar-refractivity contribution in [2.24, 2.45) is 7.05 Å². The molecule has 0 radical (unpaired) electrons. The van der Waals surface area contributed by atoms with Crippen LogP contribution in [0.2, 0.25) is 5.02 Å². The first-order valence-electron chi connectivity index (χ1n) is 10.2. The van der Waals surface area contributed by atoms with Crippen molar-refractivity contribution >= 4 is 45.9 Å². The molecule has 1 aliphatic heterocycles. The normalized spacial score (nSPS) is 13.8. The van der Waals surface area contributed by atoms with Gasteiger partial charge in [0.1, 0.15) is 5.02 Å². The average Bonchev–Trinajstić information content (AvgIpc) is 2.82. The number of carbonyl (C=O) groups is 1. The number of hydrogen-bond donors (Lipinski definition) is 3. The minimum absolute atomic E-state index is 0.0989. The molecule has 4 rings (SSSR count). The van der Waals surface area contributed by atoms with Gasteiger partial charge in [-0.1, -0.05) is 11.6 Å². The molecule has 3 aromatic rings. The van der Waals surface area contributed by atoms with E-state index in [1.807, 2.05) is 18.2 Å². The Bertz CT molecular complexity index is 1210. The summed E-state index contributed by atoms with van der Waals surface area (Å²) < 4.78 is 6.91. The van der Waals surface area contributed by atoms with Crippen molar-refractivity contribution in [3.05, 3.63) is 45.8 Å². The van der Waals surface area contributed by atoms with Crippen LogP contribution in [-0.2, 0) is 11.8 Å². The number of anilines is 3. The highest BCUT2D eigenvalue weighted by molar-refractivity contribution is 6.32. The van der Waals surface area contributed by atoms with Gasteiger partial charge < -0.3 is 30.2 Å². The standard InChI is InChI=1S/C21H24ClN7O3/c1-23-18(30)12-32-17-10-13-9-14(3-4-16(13)28(2)20(17)31)26-19-15(22)11-25-21(27-19)29-7-5-24-6-8-29/h3-4,9-11,24H,5-8,12H2,1-2H3,(H,23,30)(H,25,26,27). The molecule has 0 aliphatic carbocycles. The fourth-order valence-corrected chi connectivity index (χ4v) is 3.59. The second-order valence-corrected chi connectivity index (χ2v) is 7.74. The number of carbonyl (C=O) groups excluding carboxylic acids is 1. The molecule has 11 heteroatoms. The van der Waals surface area contributed by atoms with E-state index in [0.29, 0.717) is 16.8 Å². The molecule has 1 saturated heterocycles. The maximum absolute atomic E-state index is 12.5. The van der Waals surface area contributed by atoms with Crippen LogP contribution in [0.15, 0.2) is 35.3 Å². The molecule has 32 heavy (non-hydrogen) atoms. The molecule has 0 saturated carbocycles. The van der Waals surface area contributed by atoms with Gasteiger partial charge in [0.15, 0.2) is 18.2 Å². The predicted molar refractivity (Wildman–Crippen MR) is 124 cm³/mol. The lowest BCUT2D eigenvalue weighted by molar-refractivity contribution is -0.122. The fraction of sp³-hybridized carbons (Fsp3) is 0.333. The zero-order valence-corrected chi connectivity index (χ0v) is 18.6. The maximum atomic E-state index is 12.5. The molecule has 168 valence electrons. The first kappa shape index (κ1) is 21.8. The van der Waals surface area contributed by atoms with Gasteiger partial charge in [-0.25, -0.2) is 4.98 Å². The van der Waals surface area contributed by atoms with Crippen LogP contribution in [0.25, 0.3) is 10.9 Å². The molecular weight excluding hydrogens is 434 g/mol. The molecule has 3 N–H and O–H groups in total. The summed E-state index contributed by atoms with van der Waals surface area (Å²) >= 11 is 6.34. The summed E-state index contributed by atoms with van der Waals surface area (Å²) in [5, 5.41) is 10.2. The van der Waals surface area contributed by atoms with E-state index in [4.69, 9.17) is 16.3 Å². The zero-order valence-electron chi connectivity index (χ0n) is 17.8. The Hall–Kier alpha value is -3.37. The summed E-state index contributed by atoms with van der Waals surface area (Å²) in [6, 6.07) is 7.16. The molecule has 0 unspecified atom stereocenters. The monoisotopic (exact) mass is 457 g/mol. The lowest BCUT2D eigenvalue weighted by Gasteiger charge is -2.27. The largest absolute Gasteiger partial charge is 0.478 e. The quantitative estimate of drug-likeness (QED) is 0.507. The molecule has 1 fully saturated rings. The van der Waals surface area contributed by atoms with Gasteiger partial charge >= 0.3 is 0 Å². The van der Waals surface area contributed by atoms with Crippen molar-refractivity contribution in [1.82, 2.24) is 25.2 Å². The maximum Gasteiger partial charge on any atom is 0.293 e. The Morgan fingerprint density at radius 1 is 1.28 bits per heavy atom. The molecule has 0 atom stereocenters. The van der Waals surface area contributed by atoms with E-state index in [-0.39, 0.29) is 23.8 Å². The number of ether oxygens (including phenoxy) is 1. The molecule has 0 bridgehead atoms. The van der Waals surface area contributed by atoms with Gasteiger partial charge in [-0.15, -0.1) is 0 Å². The van der Waals surface area contributed by atoms with Crippen LogP contribution < -0.4 is 31.1 Å². The number of pyridine rings is 1. The van der Waals surface area contributed by atoms with Crippen LogP contribution in [0, 0.1) is 0 Å². The van der Waals surface area contributed by atoms with Gasteiger partial charge in [0.2, 0.25) is 5.95 Å². The molecule has 1 amide bonds. The summed E-state index contributed by atoms with van der Waals surface area (Å²) in [6.45, 7) is 3.17. The first-order chi connectivity index (χ1) is 15.5. The van der Waals surface area contributed by atoms with E-state index < -0.39 is 0 Å². The van der Waals surface area contributed by atoms with Crippen molar-refractivity contribution in [2.45, 2.75) is 0 Å². The van der Waals surface area contributed by atoms with Gasteiger partial charge in [-0.05, 0) is 24.3 Å². The summed E-state index contributed by atoms with van der Waals surface area (Å²) in [6.07, 6.45) is 1.59. The third-order valence-corrected chi connectivity index (χ3v) is 5.50. The van der Waals surface area contributed by atoms with Crippen LogP contribution in [-0.4, -0.2) is 60.3 Å². The Balaban J connectivity index is 1.63. The number of piperazine rings is 1. The van der Waals surface area contributed by atoms with Crippen LogP contribution in [0.1, 0.15) is 0 Å². The molecular formula is C21H24ClN7O3. The fourth-order valence-electron chi connectivity index (χ4n) is 3.45. The topological polar surface area (TPSA) is 113 Å². The molecule has 3 heterocycles. The van der Waals surface area contributed by atoms with Gasteiger partial charge in [0, 0.05) is 51.3 Å². The Morgan fingerprint density at radius 2 is 2.06 bits per heavy atom. The van der Waals surface area contributed by atoms with Gasteiger partial charge in [-0.2, -0.15) is 4.98 Å². The number of aryl methyl sites for hydroxylation is 1. The van der Waals surface area contributed by atoms with E-state index in [1.165, 1.54) is 11.6 Å². The van der Waals surface area contributed by atoms with Crippen molar-refractivity contribution in [3.63, 3.8) is 0 Å². The third-order valence-electron chi connectivity index (χ3n) is 5.22. The lowest BCUT2D eigenvalue weighted by Crippen LogP contribution is -2.44. The average molecular weight is 458 g/mol. The minimum atomic E-state index is -0.318. The summed E-state index contributed by atoms with van der Waals surface area (Å²) in [5.41, 5.74) is 1.14. The molecule has 0 spiro atoms. The highest BCUT2D eigenvalue weighted by Gasteiger charge is 2.16. The van der Waals surface area contributed by atoms with Crippen LogP contribution in [0.5, 0.6) is 5.75 Å². The van der Waals surface area contributed by atoms with Crippen LogP contribution in [0.3, 0.4) is 0 Å². The highest BCUT2D eigenvalue weighted by atomic mass is 35.5. The van der Waals surface area contributed by atoms with Gasteiger partial charge in [0.05, 0.1) is 11.7 Å². The third kappa shape index (κ3) is 4.61. The number of benzene rings is 1. The van der Waals surface area contributed by atoms with Crippen LogP contribution >= 0.6 is 11.6 Å². The summed E-state index contributed by atoms with van der Waals surface area (Å²) in [5.74, 6) is 0.894. The molecule has 10 nitrogen and oxygen atoms in total. The molecule has 2 aromatic heterocycles. The minimum Gasteiger partial charge on any atom is -0.478 e. The number of fused-ring (bicyclic) bond motifs is 1. The number of nitrogens with one attached hydrogen (secondary N) is 3. The number of amides is 1. The second-order valence-electron chi connectivity index (χ2n) is 7.34. The van der Waals surface area contributed by atoms with Crippen molar-refractivity contribution in [3.8, 4) is 5.75 Å². The summed E-state index contributed by atoms with van der Waals surface area (Å²) in [4.78, 5) is 35.1. The lowest BCUT2D eigenvalue weighted by atomic mass is 10.2. The highest BCUT2D eigenvalue weighted by Crippen LogP contribution is 2.27. The Morgan fingerprint density at radius 3 is 2.81 bits per heavy atom. The molecule has 1 aromatic carbocycles. The van der Waals surface area contributed by atoms with Crippen molar-refractivity contribution in [1.29, 1.82) is 0 Å². The first-order valence-corrected chi connectivity index (χ1v) is 10.6. The van der Waals surface area contributed by atoms with E-state index in [9.17, 15) is 9.59 Å². The van der Waals surface area contributed by atoms with Crippen LogP contribution in [0.4, 0.5) is 17.5 Å². The number of halogens is 1. The zero-order chi connectivity index (χ0) is 22.7. The van der Waals surface area contributed by atoms with Crippen molar-refractivity contribution in [2.75, 3.05) is 50.1 Å². The van der Waals surface area contributed by atoms with E-state index in [1.54, 1.807) is 19.3 Å². The van der Waals surface area contributed by atoms with Gasteiger partial charge in [0.25, 0.3) is 11.5 Å². The van der Waals surface area contributed by atoms with E-state index in [0.717, 1.165) is 42.8 Å². The second kappa shape index (κ2) is 9.41. The number of aromatic nitrogens is 3. The van der Waals surface area contributed by atoms with E-state index in [2.05, 4.69) is 30.8 Å². The van der Waals surface area contributed by atoms with Crippen molar-refractivity contribution < 1.29 is 9.53 Å².